The molecule has 1 heterocycles. The third-order valence-corrected chi connectivity index (χ3v) is 1.91. The van der Waals surface area contributed by atoms with Crippen LogP contribution in [0.1, 0.15) is 26.1 Å². The van der Waals surface area contributed by atoms with E-state index in [9.17, 15) is 4.79 Å². The average Bonchev–Trinajstić information content (AvgIpc) is 2.23. The average molecular weight is 222 g/mol. The Balaban J connectivity index is 2.69. The molecule has 0 aliphatic rings. The zero-order valence-corrected chi connectivity index (χ0v) is 10.0. The summed E-state index contributed by atoms with van der Waals surface area (Å²) in [7, 11) is 0. The molecule has 0 aliphatic heterocycles. The summed E-state index contributed by atoms with van der Waals surface area (Å²) in [5, 5.41) is 6.15. The molecule has 2 N–H and O–H groups in total. The van der Waals surface area contributed by atoms with Crippen molar-refractivity contribution < 1.29 is 4.79 Å². The first kappa shape index (κ1) is 12.4. The number of nitrogens with one attached hydrogen (secondary N) is 2. The molecule has 0 bridgehead atoms. The zero-order valence-electron chi connectivity index (χ0n) is 10.0. The number of aryl methyl sites for hydroxylation is 1. The lowest BCUT2D eigenvalue weighted by molar-refractivity contribution is -0.115. The van der Waals surface area contributed by atoms with Crippen LogP contribution in [-0.2, 0) is 4.79 Å². The lowest BCUT2D eigenvalue weighted by Crippen LogP contribution is -2.12. The molecule has 0 atom stereocenters. The second-order valence-corrected chi connectivity index (χ2v) is 3.67. The van der Waals surface area contributed by atoms with Crippen molar-refractivity contribution in [3.05, 3.63) is 11.9 Å². The summed E-state index contributed by atoms with van der Waals surface area (Å²) in [6.07, 6.45) is 1.04. The van der Waals surface area contributed by atoms with E-state index >= 15 is 0 Å². The van der Waals surface area contributed by atoms with Crippen molar-refractivity contribution in [2.75, 3.05) is 23.7 Å². The van der Waals surface area contributed by atoms with E-state index in [1.54, 1.807) is 0 Å². The second kappa shape index (κ2) is 6.05. The maximum absolute atomic E-state index is 10.8. The minimum atomic E-state index is 0.0827. The van der Waals surface area contributed by atoms with Gasteiger partial charge in [0.05, 0.1) is 6.54 Å². The number of rotatable bonds is 6. The number of anilines is 2. The fourth-order valence-electron chi connectivity index (χ4n) is 1.22. The molecule has 1 rings (SSSR count). The summed E-state index contributed by atoms with van der Waals surface area (Å²) in [5.41, 5.74) is 0. The van der Waals surface area contributed by atoms with E-state index in [1.807, 2.05) is 13.0 Å². The Kier molecular flexibility index (Phi) is 4.69. The van der Waals surface area contributed by atoms with Crippen LogP contribution in [0.15, 0.2) is 6.07 Å². The second-order valence-electron chi connectivity index (χ2n) is 3.67. The minimum absolute atomic E-state index is 0.0827. The van der Waals surface area contributed by atoms with Crippen LogP contribution in [0.5, 0.6) is 0 Å². The summed E-state index contributed by atoms with van der Waals surface area (Å²) in [6.45, 7) is 6.63. The highest BCUT2D eigenvalue weighted by Gasteiger charge is 2.01. The lowest BCUT2D eigenvalue weighted by atomic mass is 10.4. The molecular formula is C11H18N4O. The smallest absolute Gasteiger partial charge is 0.148 e. The molecule has 0 aromatic carbocycles. The maximum Gasteiger partial charge on any atom is 0.148 e. The Hall–Kier alpha value is -1.65. The normalized spacial score (nSPS) is 9.94. The molecule has 0 amide bonds. The molecule has 5 nitrogen and oxygen atoms in total. The Labute approximate surface area is 95.7 Å². The van der Waals surface area contributed by atoms with Gasteiger partial charge in [-0.25, -0.2) is 9.97 Å². The Morgan fingerprint density at radius 3 is 2.50 bits per heavy atom. The van der Waals surface area contributed by atoms with Gasteiger partial charge in [-0.15, -0.1) is 0 Å². The molecule has 0 radical (unpaired) electrons. The predicted molar refractivity (Wildman–Crippen MR) is 64.7 cm³/mol. The predicted octanol–water partition coefficient (Wildman–Crippen LogP) is 1.61. The van der Waals surface area contributed by atoms with E-state index in [0.717, 1.165) is 18.8 Å². The number of hydrogen-bond acceptors (Lipinski definition) is 5. The van der Waals surface area contributed by atoms with Crippen molar-refractivity contribution in [1.82, 2.24) is 9.97 Å². The first-order chi connectivity index (χ1) is 7.61. The maximum atomic E-state index is 10.8. The summed E-state index contributed by atoms with van der Waals surface area (Å²) in [4.78, 5) is 19.3. The lowest BCUT2D eigenvalue weighted by Gasteiger charge is -2.08. The highest BCUT2D eigenvalue weighted by atomic mass is 16.1. The molecule has 16 heavy (non-hydrogen) atoms. The molecule has 1 aromatic rings. The van der Waals surface area contributed by atoms with Crippen molar-refractivity contribution in [3.63, 3.8) is 0 Å². The van der Waals surface area contributed by atoms with Crippen molar-refractivity contribution in [3.8, 4) is 0 Å². The molecule has 88 valence electrons. The summed E-state index contributed by atoms with van der Waals surface area (Å²) < 4.78 is 0. The van der Waals surface area contributed by atoms with Crippen LogP contribution in [0.4, 0.5) is 11.6 Å². The molecule has 1 aromatic heterocycles. The van der Waals surface area contributed by atoms with Crippen LogP contribution >= 0.6 is 0 Å². The van der Waals surface area contributed by atoms with Gasteiger partial charge in [-0.2, -0.15) is 0 Å². The van der Waals surface area contributed by atoms with Gasteiger partial charge >= 0.3 is 0 Å². The van der Waals surface area contributed by atoms with E-state index in [-0.39, 0.29) is 5.78 Å². The van der Waals surface area contributed by atoms with Gasteiger partial charge in [0.1, 0.15) is 23.2 Å². The van der Waals surface area contributed by atoms with Gasteiger partial charge in [0.25, 0.3) is 0 Å². The van der Waals surface area contributed by atoms with Crippen molar-refractivity contribution in [2.24, 2.45) is 0 Å². The third kappa shape index (κ3) is 4.25. The van der Waals surface area contributed by atoms with Gasteiger partial charge in [0.15, 0.2) is 0 Å². The van der Waals surface area contributed by atoms with Crippen LogP contribution in [0.25, 0.3) is 0 Å². The zero-order chi connectivity index (χ0) is 12.0. The topological polar surface area (TPSA) is 66.9 Å². The number of carbonyl (C=O) groups excluding carboxylic acids is 1. The van der Waals surface area contributed by atoms with Gasteiger partial charge in [-0.3, -0.25) is 4.79 Å². The van der Waals surface area contributed by atoms with Gasteiger partial charge in [0.2, 0.25) is 0 Å². The summed E-state index contributed by atoms with van der Waals surface area (Å²) in [5.74, 6) is 2.24. The van der Waals surface area contributed by atoms with E-state index in [4.69, 9.17) is 0 Å². The van der Waals surface area contributed by atoms with Crippen LogP contribution in [0, 0.1) is 6.92 Å². The quantitative estimate of drug-likeness (QED) is 0.765. The molecule has 5 heteroatoms. The number of carbonyl (C=O) groups is 1. The fourth-order valence-corrected chi connectivity index (χ4v) is 1.22. The summed E-state index contributed by atoms with van der Waals surface area (Å²) in [6, 6.07) is 1.81. The van der Waals surface area contributed by atoms with Crippen LogP contribution < -0.4 is 10.6 Å². The highest BCUT2D eigenvalue weighted by molar-refractivity contribution is 5.80. The van der Waals surface area contributed by atoms with E-state index in [1.165, 1.54) is 6.92 Å². The molecular weight excluding hydrogens is 204 g/mol. The van der Waals surface area contributed by atoms with Gasteiger partial charge in [0, 0.05) is 12.6 Å². The number of nitrogens with zero attached hydrogens (tertiary/aromatic N) is 2. The van der Waals surface area contributed by atoms with Gasteiger partial charge in [-0.05, 0) is 20.3 Å². The first-order valence-electron chi connectivity index (χ1n) is 5.44. The van der Waals surface area contributed by atoms with Gasteiger partial charge < -0.3 is 10.6 Å². The number of ketones is 1. The monoisotopic (exact) mass is 222 g/mol. The fraction of sp³-hybridized carbons (Fsp3) is 0.545. The highest BCUT2D eigenvalue weighted by Crippen LogP contribution is 2.10. The Morgan fingerprint density at radius 2 is 1.94 bits per heavy atom. The number of Topliss-reactive ketones (excluding diaryl/α,β-unsaturated/α-hetero) is 1. The SMILES string of the molecule is CCCNc1cc(NCC(C)=O)nc(C)n1. The van der Waals surface area contributed by atoms with Crippen LogP contribution in [0.2, 0.25) is 0 Å². The molecule has 0 aliphatic carbocycles. The standard InChI is InChI=1S/C11H18N4O/c1-4-5-12-10-6-11(13-7-8(2)16)15-9(3)14-10/h6H,4-5,7H2,1-3H3,(H2,12,13,14,15). The number of aromatic nitrogens is 2. The minimum Gasteiger partial charge on any atom is -0.370 e. The third-order valence-electron chi connectivity index (χ3n) is 1.91. The largest absolute Gasteiger partial charge is 0.370 e. The van der Waals surface area contributed by atoms with Crippen LogP contribution in [0.3, 0.4) is 0 Å². The van der Waals surface area contributed by atoms with Crippen molar-refractivity contribution >= 4 is 17.4 Å². The van der Waals surface area contributed by atoms with E-state index in [0.29, 0.717) is 18.2 Å². The van der Waals surface area contributed by atoms with E-state index in [2.05, 4.69) is 27.5 Å². The molecule has 0 spiro atoms. The molecule has 0 unspecified atom stereocenters. The van der Waals surface area contributed by atoms with Gasteiger partial charge in [-0.1, -0.05) is 6.92 Å². The first-order valence-corrected chi connectivity index (χ1v) is 5.44. The molecule has 0 saturated heterocycles. The van der Waals surface area contributed by atoms with Crippen molar-refractivity contribution in [2.45, 2.75) is 27.2 Å². The van der Waals surface area contributed by atoms with Crippen LogP contribution in [-0.4, -0.2) is 28.8 Å². The van der Waals surface area contributed by atoms with E-state index < -0.39 is 0 Å². The summed E-state index contributed by atoms with van der Waals surface area (Å²) >= 11 is 0. The van der Waals surface area contributed by atoms with Crippen molar-refractivity contribution in [1.29, 1.82) is 0 Å². The Morgan fingerprint density at radius 1 is 1.31 bits per heavy atom. The number of hydrogen-bond donors (Lipinski definition) is 2. The molecule has 0 saturated carbocycles. The molecule has 0 fully saturated rings. The Bertz CT molecular complexity index is 365.